The van der Waals surface area contributed by atoms with E-state index >= 15 is 0 Å². The number of aliphatic hydroxyl groups excluding tert-OH is 2. The second kappa shape index (κ2) is 55.7. The molecule has 3 N–H and O–H groups in total. The minimum atomic E-state index is -0.655. The van der Waals surface area contributed by atoms with E-state index in [9.17, 15) is 15.0 Å². The van der Waals surface area contributed by atoms with Crippen LogP contribution in [0.15, 0.2) is 48.6 Å². The highest BCUT2D eigenvalue weighted by atomic mass is 16.3. The van der Waals surface area contributed by atoms with Crippen LogP contribution in [0.5, 0.6) is 0 Å². The molecule has 0 aliphatic rings. The van der Waals surface area contributed by atoms with Crippen LogP contribution in [-0.4, -0.2) is 34.9 Å². The number of carbonyl (C=O) groups is 1. The molecule has 0 aromatic rings. The third-order valence-electron chi connectivity index (χ3n) is 13.4. The number of hydrogen-bond acceptors (Lipinski definition) is 3. The van der Waals surface area contributed by atoms with Gasteiger partial charge in [0.25, 0.3) is 0 Å². The van der Waals surface area contributed by atoms with Crippen molar-refractivity contribution in [1.82, 2.24) is 5.32 Å². The second-order valence-electron chi connectivity index (χ2n) is 19.7. The maximum atomic E-state index is 12.4. The van der Waals surface area contributed by atoms with Crippen LogP contribution in [0, 0.1) is 0 Å². The molecule has 1 amide bonds. The first-order chi connectivity index (χ1) is 31.7. The molecule has 0 radical (unpaired) electrons. The summed E-state index contributed by atoms with van der Waals surface area (Å²) >= 11 is 0. The summed E-state index contributed by atoms with van der Waals surface area (Å²) in [6, 6.07) is -0.532. The molecule has 0 saturated heterocycles. The van der Waals surface area contributed by atoms with Crippen molar-refractivity contribution >= 4 is 5.91 Å². The van der Waals surface area contributed by atoms with Crippen molar-refractivity contribution in [3.63, 3.8) is 0 Å². The van der Waals surface area contributed by atoms with Gasteiger partial charge in [-0.1, -0.05) is 300 Å². The van der Waals surface area contributed by atoms with E-state index < -0.39 is 12.1 Å². The summed E-state index contributed by atoms with van der Waals surface area (Å²) < 4.78 is 0. The Labute approximate surface area is 401 Å². The van der Waals surface area contributed by atoms with Gasteiger partial charge < -0.3 is 15.5 Å². The number of allylic oxidation sites excluding steroid dienone is 8. The van der Waals surface area contributed by atoms with E-state index in [4.69, 9.17) is 0 Å². The number of amides is 1. The molecule has 376 valence electrons. The van der Waals surface area contributed by atoms with Crippen molar-refractivity contribution in [1.29, 1.82) is 0 Å². The monoisotopic (exact) mass is 896 g/mol. The largest absolute Gasteiger partial charge is 0.394 e. The molecule has 0 bridgehead atoms. The minimum Gasteiger partial charge on any atom is -0.394 e. The highest BCUT2D eigenvalue weighted by Crippen LogP contribution is 2.18. The Bertz CT molecular complexity index is 1020. The summed E-state index contributed by atoms with van der Waals surface area (Å²) in [6.07, 6.45) is 77.0. The van der Waals surface area contributed by atoms with Crippen molar-refractivity contribution in [3.05, 3.63) is 48.6 Å². The maximum absolute atomic E-state index is 12.4. The van der Waals surface area contributed by atoms with Gasteiger partial charge in [0.2, 0.25) is 5.91 Å². The first kappa shape index (κ1) is 62.4. The van der Waals surface area contributed by atoms with E-state index in [-0.39, 0.29) is 12.5 Å². The molecule has 0 aliphatic carbocycles. The van der Waals surface area contributed by atoms with Gasteiger partial charge >= 0.3 is 0 Å². The number of hydrogen-bond donors (Lipinski definition) is 3. The lowest BCUT2D eigenvalue weighted by Crippen LogP contribution is -2.45. The highest BCUT2D eigenvalue weighted by molar-refractivity contribution is 5.76. The lowest BCUT2D eigenvalue weighted by atomic mass is 10.0. The van der Waals surface area contributed by atoms with E-state index in [0.29, 0.717) is 12.8 Å². The molecule has 0 aromatic carbocycles. The lowest BCUT2D eigenvalue weighted by molar-refractivity contribution is -0.123. The Hall–Kier alpha value is -1.65. The SMILES string of the molecule is CC/C=C\C/C=C\C/C=C\C/C=C\CCCCCCCCCCCCCCCCCCCCCCCCCCCCCCC(=O)NC(CO)C(O)CCCCCCCCCCCCC. The molecule has 2 unspecified atom stereocenters. The zero-order chi connectivity index (χ0) is 46.3. The summed E-state index contributed by atoms with van der Waals surface area (Å²) in [5.74, 6) is -0.0273. The standard InChI is InChI=1S/C60H113NO3/c1-3-5-7-9-11-13-15-16-17-18-19-20-21-22-23-24-25-26-27-28-29-30-31-32-33-34-35-36-37-38-39-40-41-42-43-44-46-48-50-52-54-56-60(64)61-58(57-62)59(63)55-53-51-49-47-45-14-12-10-8-6-4-2/h5,7,11,13,16-17,19-20,58-59,62-63H,3-4,6,8-10,12,14-15,18,21-57H2,1-2H3,(H,61,64)/b7-5-,13-11-,17-16-,20-19-. The van der Waals surface area contributed by atoms with Crippen molar-refractivity contribution < 1.29 is 15.0 Å². The van der Waals surface area contributed by atoms with E-state index in [2.05, 4.69) is 67.8 Å². The smallest absolute Gasteiger partial charge is 0.220 e. The fraction of sp³-hybridized carbons (Fsp3) is 0.850. The van der Waals surface area contributed by atoms with E-state index in [0.717, 1.165) is 51.4 Å². The van der Waals surface area contributed by atoms with Gasteiger partial charge in [-0.2, -0.15) is 0 Å². The summed E-state index contributed by atoms with van der Waals surface area (Å²) in [4.78, 5) is 12.4. The predicted molar refractivity (Wildman–Crippen MR) is 285 cm³/mol. The number of unbranched alkanes of at least 4 members (excludes halogenated alkanes) is 38. The fourth-order valence-electron chi connectivity index (χ4n) is 9.00. The van der Waals surface area contributed by atoms with Gasteiger partial charge in [-0.15, -0.1) is 0 Å². The van der Waals surface area contributed by atoms with Crippen LogP contribution in [0.3, 0.4) is 0 Å². The zero-order valence-electron chi connectivity index (χ0n) is 43.3. The lowest BCUT2D eigenvalue weighted by Gasteiger charge is -2.22. The molecule has 4 nitrogen and oxygen atoms in total. The number of carbonyl (C=O) groups excluding carboxylic acids is 1. The predicted octanol–water partition coefficient (Wildman–Crippen LogP) is 19.0. The summed E-state index contributed by atoms with van der Waals surface area (Å²) in [6.45, 7) is 4.25. The first-order valence-electron chi connectivity index (χ1n) is 28.8. The van der Waals surface area contributed by atoms with Crippen molar-refractivity contribution in [3.8, 4) is 0 Å². The molecule has 0 spiro atoms. The van der Waals surface area contributed by atoms with Crippen LogP contribution in [0.4, 0.5) is 0 Å². The highest BCUT2D eigenvalue weighted by Gasteiger charge is 2.20. The summed E-state index contributed by atoms with van der Waals surface area (Å²) in [7, 11) is 0. The number of nitrogens with one attached hydrogen (secondary N) is 1. The molecule has 0 heterocycles. The molecule has 0 aromatic heterocycles. The van der Waals surface area contributed by atoms with Gasteiger partial charge in [0.1, 0.15) is 0 Å². The Morgan fingerprint density at radius 2 is 0.688 bits per heavy atom. The Kier molecular flexibility index (Phi) is 54.2. The zero-order valence-corrected chi connectivity index (χ0v) is 43.3. The normalized spacial score (nSPS) is 13.1. The fourth-order valence-corrected chi connectivity index (χ4v) is 9.00. The van der Waals surface area contributed by atoms with Gasteiger partial charge in [-0.25, -0.2) is 0 Å². The van der Waals surface area contributed by atoms with Crippen LogP contribution in [0.1, 0.15) is 309 Å². The van der Waals surface area contributed by atoms with Crippen LogP contribution in [-0.2, 0) is 4.79 Å². The number of aliphatic hydroxyl groups is 2. The van der Waals surface area contributed by atoms with Crippen LogP contribution in [0.2, 0.25) is 0 Å². The van der Waals surface area contributed by atoms with Crippen LogP contribution >= 0.6 is 0 Å². The molecule has 2 atom stereocenters. The molecule has 0 saturated carbocycles. The molecule has 0 rings (SSSR count). The molecular weight excluding hydrogens is 783 g/mol. The average molecular weight is 897 g/mol. The third-order valence-corrected chi connectivity index (χ3v) is 13.4. The molecule has 4 heteroatoms. The Morgan fingerprint density at radius 3 is 1.03 bits per heavy atom. The maximum Gasteiger partial charge on any atom is 0.220 e. The minimum absolute atomic E-state index is 0.0273. The Morgan fingerprint density at radius 1 is 0.391 bits per heavy atom. The van der Waals surface area contributed by atoms with Crippen molar-refractivity contribution in [2.75, 3.05) is 6.61 Å². The summed E-state index contributed by atoms with van der Waals surface area (Å²) in [5.41, 5.74) is 0. The molecule has 0 fully saturated rings. The van der Waals surface area contributed by atoms with E-state index in [1.165, 1.54) is 231 Å². The van der Waals surface area contributed by atoms with Gasteiger partial charge in [0.15, 0.2) is 0 Å². The second-order valence-corrected chi connectivity index (χ2v) is 19.7. The molecular formula is C60H113NO3. The van der Waals surface area contributed by atoms with Gasteiger partial charge in [-0.3, -0.25) is 4.79 Å². The van der Waals surface area contributed by atoms with Gasteiger partial charge in [0.05, 0.1) is 18.8 Å². The van der Waals surface area contributed by atoms with Gasteiger partial charge in [-0.05, 0) is 51.4 Å². The van der Waals surface area contributed by atoms with Crippen molar-refractivity contribution in [2.45, 2.75) is 321 Å². The van der Waals surface area contributed by atoms with Crippen LogP contribution < -0.4 is 5.32 Å². The van der Waals surface area contributed by atoms with Crippen LogP contribution in [0.25, 0.3) is 0 Å². The van der Waals surface area contributed by atoms with E-state index in [1.54, 1.807) is 0 Å². The number of rotatable bonds is 53. The average Bonchev–Trinajstić information content (AvgIpc) is 3.30. The first-order valence-corrected chi connectivity index (χ1v) is 28.8. The van der Waals surface area contributed by atoms with Crippen molar-refractivity contribution in [2.24, 2.45) is 0 Å². The summed E-state index contributed by atoms with van der Waals surface area (Å²) in [5, 5.41) is 23.2. The Balaban J connectivity index is 3.33. The van der Waals surface area contributed by atoms with E-state index in [1.807, 2.05) is 0 Å². The molecule has 64 heavy (non-hydrogen) atoms. The van der Waals surface area contributed by atoms with Gasteiger partial charge in [0, 0.05) is 6.42 Å². The third kappa shape index (κ3) is 51.3. The quantitative estimate of drug-likeness (QED) is 0.0421. The topological polar surface area (TPSA) is 69.6 Å². The molecule has 0 aliphatic heterocycles.